The van der Waals surface area contributed by atoms with Gasteiger partial charge in [0.1, 0.15) is 11.9 Å². The Labute approximate surface area is 190 Å². The van der Waals surface area contributed by atoms with Crippen LogP contribution in [0.5, 0.6) is 5.75 Å². The first-order chi connectivity index (χ1) is 15.4. The number of sulfone groups is 1. The van der Waals surface area contributed by atoms with Gasteiger partial charge >= 0.3 is 0 Å². The van der Waals surface area contributed by atoms with Gasteiger partial charge in [-0.05, 0) is 72.2 Å². The Morgan fingerprint density at radius 3 is 2.34 bits per heavy atom. The lowest BCUT2D eigenvalue weighted by atomic mass is 9.90. The monoisotopic (exact) mass is 448 g/mol. The summed E-state index contributed by atoms with van der Waals surface area (Å²) in [6.07, 6.45) is 8.07. The van der Waals surface area contributed by atoms with Crippen molar-refractivity contribution in [3.05, 3.63) is 77.5 Å². The summed E-state index contributed by atoms with van der Waals surface area (Å²) in [5.41, 5.74) is 6.35. The third-order valence-corrected chi connectivity index (χ3v) is 7.35. The van der Waals surface area contributed by atoms with Gasteiger partial charge in [0, 0.05) is 37.7 Å². The molecule has 3 aromatic rings. The van der Waals surface area contributed by atoms with Crippen LogP contribution in [-0.2, 0) is 29.2 Å². The average Bonchev–Trinajstić information content (AvgIpc) is 2.77. The summed E-state index contributed by atoms with van der Waals surface area (Å²) in [7, 11) is -3.28. The molecule has 0 spiro atoms. The normalized spacial score (nSPS) is 16.9. The van der Waals surface area contributed by atoms with Crippen molar-refractivity contribution in [3.63, 3.8) is 0 Å². The van der Waals surface area contributed by atoms with Crippen LogP contribution in [0.3, 0.4) is 0 Å². The molecular formula is C26H28N2O3S. The van der Waals surface area contributed by atoms with Crippen molar-refractivity contribution in [2.75, 3.05) is 19.3 Å². The first-order valence-electron chi connectivity index (χ1n) is 11.2. The maximum atomic E-state index is 11.6. The third-order valence-electron chi connectivity index (χ3n) is 6.35. The first-order valence-corrected chi connectivity index (χ1v) is 13.1. The van der Waals surface area contributed by atoms with Gasteiger partial charge in [-0.1, -0.05) is 30.3 Å². The molecule has 1 saturated heterocycles. The number of fused-ring (bicyclic) bond motifs is 1. The standard InChI is InChI=1S/C26H28N2O3S/c1-32(29,30)26-13-10-23(15-27-26)21-8-11-24(12-9-21)31-25-17-28(18-25)16-19-6-7-20-4-2-3-5-22(20)14-19/h6-15,25H,2-5,16-18H2,1H3. The van der Waals surface area contributed by atoms with E-state index in [9.17, 15) is 8.42 Å². The number of aryl methyl sites for hydroxylation is 2. The number of likely N-dealkylation sites (tertiary alicyclic amines) is 1. The summed E-state index contributed by atoms with van der Waals surface area (Å²) in [6, 6.07) is 18.2. The van der Waals surface area contributed by atoms with E-state index < -0.39 is 9.84 Å². The second-order valence-electron chi connectivity index (χ2n) is 8.93. The smallest absolute Gasteiger partial charge is 0.192 e. The minimum absolute atomic E-state index is 0.0890. The molecule has 5 nitrogen and oxygen atoms in total. The van der Waals surface area contributed by atoms with E-state index >= 15 is 0 Å². The van der Waals surface area contributed by atoms with E-state index in [0.717, 1.165) is 42.8 Å². The Hall–Kier alpha value is -2.70. The van der Waals surface area contributed by atoms with Gasteiger partial charge in [0.15, 0.2) is 14.9 Å². The Morgan fingerprint density at radius 2 is 1.66 bits per heavy atom. The van der Waals surface area contributed by atoms with Gasteiger partial charge in [-0.25, -0.2) is 13.4 Å². The van der Waals surface area contributed by atoms with E-state index in [1.54, 1.807) is 23.9 Å². The quantitative estimate of drug-likeness (QED) is 0.563. The number of ether oxygens (including phenoxy) is 1. The van der Waals surface area contributed by atoms with Gasteiger partial charge in [-0.3, -0.25) is 4.90 Å². The molecule has 2 aliphatic rings. The van der Waals surface area contributed by atoms with E-state index in [1.165, 1.54) is 36.8 Å². The summed E-state index contributed by atoms with van der Waals surface area (Å²) >= 11 is 0. The van der Waals surface area contributed by atoms with Crippen LogP contribution in [-0.4, -0.2) is 43.8 Å². The largest absolute Gasteiger partial charge is 0.488 e. The molecule has 2 heterocycles. The highest BCUT2D eigenvalue weighted by molar-refractivity contribution is 7.90. The molecule has 0 radical (unpaired) electrons. The SMILES string of the molecule is CS(=O)(=O)c1ccc(-c2ccc(OC3CN(Cc4ccc5c(c4)CCCC5)C3)cc2)cn1. The number of hydrogen-bond acceptors (Lipinski definition) is 5. The lowest BCUT2D eigenvalue weighted by molar-refractivity contribution is 0.0146. The molecule has 0 saturated carbocycles. The molecule has 1 aliphatic carbocycles. The summed E-state index contributed by atoms with van der Waals surface area (Å²) in [5, 5.41) is 0.0890. The summed E-state index contributed by atoms with van der Waals surface area (Å²) in [5.74, 6) is 0.855. The van der Waals surface area contributed by atoms with Crippen LogP contribution in [0.1, 0.15) is 29.5 Å². The topological polar surface area (TPSA) is 59.5 Å². The first kappa shape index (κ1) is 21.2. The molecule has 0 amide bonds. The van der Waals surface area contributed by atoms with E-state index in [0.29, 0.717) is 0 Å². The highest BCUT2D eigenvalue weighted by Crippen LogP contribution is 2.26. The fourth-order valence-corrected chi connectivity index (χ4v) is 5.12. The number of pyridine rings is 1. The van der Waals surface area contributed by atoms with Crippen LogP contribution < -0.4 is 4.74 Å². The van der Waals surface area contributed by atoms with E-state index in [4.69, 9.17) is 4.74 Å². The zero-order valence-corrected chi connectivity index (χ0v) is 19.1. The van der Waals surface area contributed by atoms with Crippen LogP contribution in [0.15, 0.2) is 65.8 Å². The second-order valence-corrected chi connectivity index (χ2v) is 10.9. The van der Waals surface area contributed by atoms with Crippen LogP contribution in [0.4, 0.5) is 0 Å². The van der Waals surface area contributed by atoms with Crippen LogP contribution in [0, 0.1) is 0 Å². The second kappa shape index (κ2) is 8.68. The van der Waals surface area contributed by atoms with Crippen molar-refractivity contribution in [3.8, 4) is 16.9 Å². The van der Waals surface area contributed by atoms with Crippen LogP contribution in [0.2, 0.25) is 0 Å². The lowest BCUT2D eigenvalue weighted by Gasteiger charge is -2.39. The molecule has 1 aromatic heterocycles. The number of benzene rings is 2. The number of rotatable bonds is 6. The van der Waals surface area contributed by atoms with Crippen LogP contribution in [0.25, 0.3) is 11.1 Å². The van der Waals surface area contributed by atoms with Crippen molar-refractivity contribution >= 4 is 9.84 Å². The van der Waals surface area contributed by atoms with Gasteiger partial charge in [-0.15, -0.1) is 0 Å². The number of hydrogen-bond donors (Lipinski definition) is 0. The van der Waals surface area contributed by atoms with Crippen molar-refractivity contribution < 1.29 is 13.2 Å². The highest BCUT2D eigenvalue weighted by Gasteiger charge is 2.28. The van der Waals surface area contributed by atoms with Crippen LogP contribution >= 0.6 is 0 Å². The summed E-state index contributed by atoms with van der Waals surface area (Å²) < 4.78 is 29.3. The molecule has 0 unspecified atom stereocenters. The molecule has 1 fully saturated rings. The third kappa shape index (κ3) is 4.71. The molecule has 0 atom stereocenters. The van der Waals surface area contributed by atoms with Gasteiger partial charge in [-0.2, -0.15) is 0 Å². The average molecular weight is 449 g/mol. The summed E-state index contributed by atoms with van der Waals surface area (Å²) in [4.78, 5) is 6.49. The Morgan fingerprint density at radius 1 is 0.938 bits per heavy atom. The zero-order valence-electron chi connectivity index (χ0n) is 18.3. The van der Waals surface area contributed by atoms with Gasteiger partial charge in [0.05, 0.1) is 0 Å². The van der Waals surface area contributed by atoms with Crippen molar-refractivity contribution in [2.45, 2.75) is 43.4 Å². The van der Waals surface area contributed by atoms with Gasteiger partial charge in [0.25, 0.3) is 0 Å². The van der Waals surface area contributed by atoms with Crippen molar-refractivity contribution in [1.29, 1.82) is 0 Å². The predicted molar refractivity (Wildman–Crippen MR) is 126 cm³/mol. The molecule has 32 heavy (non-hydrogen) atoms. The Balaban J connectivity index is 1.14. The van der Waals surface area contributed by atoms with E-state index in [-0.39, 0.29) is 11.1 Å². The Kier molecular flexibility index (Phi) is 5.74. The molecular weight excluding hydrogens is 420 g/mol. The van der Waals surface area contributed by atoms with Gasteiger partial charge in [0.2, 0.25) is 0 Å². The summed E-state index contributed by atoms with van der Waals surface area (Å²) in [6.45, 7) is 2.87. The number of aromatic nitrogens is 1. The molecule has 5 rings (SSSR count). The fraction of sp³-hybridized carbons (Fsp3) is 0.346. The molecule has 6 heteroatoms. The number of nitrogens with zero attached hydrogens (tertiary/aromatic N) is 2. The van der Waals surface area contributed by atoms with E-state index in [2.05, 4.69) is 28.1 Å². The molecule has 2 aromatic carbocycles. The minimum atomic E-state index is -3.28. The fourth-order valence-electron chi connectivity index (χ4n) is 4.56. The molecule has 166 valence electrons. The maximum Gasteiger partial charge on any atom is 0.192 e. The Bertz CT molecular complexity index is 1200. The lowest BCUT2D eigenvalue weighted by Crippen LogP contribution is -2.53. The van der Waals surface area contributed by atoms with Crippen molar-refractivity contribution in [1.82, 2.24) is 9.88 Å². The maximum absolute atomic E-state index is 11.6. The van der Waals surface area contributed by atoms with Crippen molar-refractivity contribution in [2.24, 2.45) is 0 Å². The molecule has 1 aliphatic heterocycles. The zero-order chi connectivity index (χ0) is 22.1. The van der Waals surface area contributed by atoms with Gasteiger partial charge < -0.3 is 4.74 Å². The van der Waals surface area contributed by atoms with E-state index in [1.807, 2.05) is 24.3 Å². The predicted octanol–water partition coefficient (Wildman–Crippen LogP) is 4.29. The highest BCUT2D eigenvalue weighted by atomic mass is 32.2. The molecule has 0 bridgehead atoms. The molecule has 0 N–H and O–H groups in total. The minimum Gasteiger partial charge on any atom is -0.488 e.